The molecule has 2 saturated heterocycles. The highest BCUT2D eigenvalue weighted by Crippen LogP contribution is 2.24. The van der Waals surface area contributed by atoms with E-state index < -0.39 is 0 Å². The van der Waals surface area contributed by atoms with Gasteiger partial charge in [-0.3, -0.25) is 4.79 Å². The summed E-state index contributed by atoms with van der Waals surface area (Å²) in [6, 6.07) is 8.53. The van der Waals surface area contributed by atoms with Crippen LogP contribution in [0.5, 0.6) is 0 Å². The summed E-state index contributed by atoms with van der Waals surface area (Å²) in [5.41, 5.74) is 1.98. The molecular formula is C20H31N3O2. The second kappa shape index (κ2) is 8.68. The second-order valence-corrected chi connectivity index (χ2v) is 7.39. The average molecular weight is 345 g/mol. The Morgan fingerprint density at radius 1 is 1.24 bits per heavy atom. The lowest BCUT2D eigenvalue weighted by atomic mass is 9.93. The largest absolute Gasteiger partial charge is 0.382 e. The number of anilines is 2. The second-order valence-electron chi connectivity index (χ2n) is 7.39. The van der Waals surface area contributed by atoms with Gasteiger partial charge in [-0.25, -0.2) is 0 Å². The highest BCUT2D eigenvalue weighted by molar-refractivity contribution is 5.90. The summed E-state index contributed by atoms with van der Waals surface area (Å²) in [4.78, 5) is 14.0. The summed E-state index contributed by atoms with van der Waals surface area (Å²) in [6.45, 7) is 8.47. The van der Waals surface area contributed by atoms with E-state index in [1.807, 2.05) is 19.1 Å². The molecule has 2 heterocycles. The minimum atomic E-state index is 0.0490. The predicted octanol–water partition coefficient (Wildman–Crippen LogP) is 3.34. The van der Waals surface area contributed by atoms with Crippen molar-refractivity contribution in [3.8, 4) is 0 Å². The molecule has 2 aliphatic rings. The maximum Gasteiger partial charge on any atom is 0.224 e. The van der Waals surface area contributed by atoms with Crippen LogP contribution in [0.2, 0.25) is 0 Å². The molecule has 1 aromatic carbocycles. The number of nitrogens with one attached hydrogen (secondary N) is 2. The molecule has 0 saturated carbocycles. The quantitative estimate of drug-likeness (QED) is 0.830. The normalized spacial score (nSPS) is 27.2. The van der Waals surface area contributed by atoms with E-state index in [9.17, 15) is 4.79 Å². The van der Waals surface area contributed by atoms with Crippen LogP contribution in [-0.2, 0) is 9.53 Å². The third-order valence-electron chi connectivity index (χ3n) is 5.32. The van der Waals surface area contributed by atoms with Gasteiger partial charge >= 0.3 is 0 Å². The zero-order valence-electron chi connectivity index (χ0n) is 15.5. The van der Waals surface area contributed by atoms with Gasteiger partial charge in [-0.05, 0) is 49.4 Å². The molecule has 2 N–H and O–H groups in total. The highest BCUT2D eigenvalue weighted by Gasteiger charge is 2.28. The van der Waals surface area contributed by atoms with E-state index in [1.54, 1.807) is 0 Å². The standard InChI is InChI=1S/C20H31N3O2/c1-3-20(24)22-17-8-6-16(7-9-17)21-19-10-11-23(13-15(19)2)14-18-5-4-12-25-18/h6-9,15,18-19,21H,3-5,10-14H2,1-2H3,(H,22,24). The zero-order chi connectivity index (χ0) is 17.6. The van der Waals surface area contributed by atoms with E-state index in [-0.39, 0.29) is 5.91 Å². The Labute approximate surface area is 151 Å². The molecule has 3 unspecified atom stereocenters. The highest BCUT2D eigenvalue weighted by atomic mass is 16.5. The molecule has 1 amide bonds. The molecular weight excluding hydrogens is 314 g/mol. The monoisotopic (exact) mass is 345 g/mol. The number of hydrogen-bond acceptors (Lipinski definition) is 4. The van der Waals surface area contributed by atoms with E-state index in [4.69, 9.17) is 4.74 Å². The van der Waals surface area contributed by atoms with Gasteiger partial charge in [-0.15, -0.1) is 0 Å². The van der Waals surface area contributed by atoms with Gasteiger partial charge in [-0.2, -0.15) is 0 Å². The van der Waals surface area contributed by atoms with Crippen molar-refractivity contribution in [1.29, 1.82) is 0 Å². The van der Waals surface area contributed by atoms with Gasteiger partial charge in [0.25, 0.3) is 0 Å². The Kier molecular flexibility index (Phi) is 6.32. The van der Waals surface area contributed by atoms with Crippen LogP contribution in [0.1, 0.15) is 39.5 Å². The third kappa shape index (κ3) is 5.19. The number of hydrogen-bond donors (Lipinski definition) is 2. The SMILES string of the molecule is CCC(=O)Nc1ccc(NC2CCN(CC3CCCO3)CC2C)cc1. The smallest absolute Gasteiger partial charge is 0.224 e. The summed E-state index contributed by atoms with van der Waals surface area (Å²) in [6.07, 6.45) is 4.53. The summed E-state index contributed by atoms with van der Waals surface area (Å²) < 4.78 is 5.77. The van der Waals surface area contributed by atoms with Crippen LogP contribution in [0.25, 0.3) is 0 Å². The lowest BCUT2D eigenvalue weighted by molar-refractivity contribution is -0.115. The number of rotatable bonds is 6. The number of piperidine rings is 1. The van der Waals surface area contributed by atoms with Gasteiger partial charge in [0.2, 0.25) is 5.91 Å². The van der Waals surface area contributed by atoms with Crippen LogP contribution < -0.4 is 10.6 Å². The fourth-order valence-electron chi connectivity index (χ4n) is 3.80. The van der Waals surface area contributed by atoms with Crippen LogP contribution in [0, 0.1) is 5.92 Å². The maximum atomic E-state index is 11.4. The van der Waals surface area contributed by atoms with Gasteiger partial charge in [0.15, 0.2) is 0 Å². The molecule has 2 aliphatic heterocycles. The summed E-state index contributed by atoms with van der Waals surface area (Å²) in [5, 5.41) is 6.55. The number of ether oxygens (including phenoxy) is 1. The first-order valence-electron chi connectivity index (χ1n) is 9.64. The van der Waals surface area contributed by atoms with Crippen molar-refractivity contribution in [1.82, 2.24) is 4.90 Å². The van der Waals surface area contributed by atoms with Crippen LogP contribution in [0.3, 0.4) is 0 Å². The number of amides is 1. The summed E-state index contributed by atoms with van der Waals surface area (Å²) in [7, 11) is 0. The molecule has 5 heteroatoms. The number of nitrogens with zero attached hydrogens (tertiary/aromatic N) is 1. The molecule has 3 atom stereocenters. The summed E-state index contributed by atoms with van der Waals surface area (Å²) >= 11 is 0. The minimum absolute atomic E-state index is 0.0490. The van der Waals surface area contributed by atoms with Crippen molar-refractivity contribution in [2.45, 2.75) is 51.7 Å². The van der Waals surface area contributed by atoms with Gasteiger partial charge in [0, 0.05) is 50.1 Å². The molecule has 0 aromatic heterocycles. The third-order valence-corrected chi connectivity index (χ3v) is 5.32. The van der Waals surface area contributed by atoms with E-state index in [1.165, 1.54) is 12.8 Å². The van der Waals surface area contributed by atoms with Crippen molar-refractivity contribution in [2.24, 2.45) is 5.92 Å². The molecule has 0 aliphatic carbocycles. The van der Waals surface area contributed by atoms with Crippen molar-refractivity contribution < 1.29 is 9.53 Å². The fourth-order valence-corrected chi connectivity index (χ4v) is 3.80. The Morgan fingerprint density at radius 3 is 2.64 bits per heavy atom. The Morgan fingerprint density at radius 2 is 2.00 bits per heavy atom. The first kappa shape index (κ1) is 18.2. The topological polar surface area (TPSA) is 53.6 Å². The van der Waals surface area contributed by atoms with Gasteiger partial charge in [-0.1, -0.05) is 13.8 Å². The minimum Gasteiger partial charge on any atom is -0.382 e. The Balaban J connectivity index is 1.47. The number of carbonyl (C=O) groups is 1. The number of carbonyl (C=O) groups excluding carboxylic acids is 1. The Bertz CT molecular complexity index is 555. The van der Waals surface area contributed by atoms with Gasteiger partial charge < -0.3 is 20.3 Å². The van der Waals surface area contributed by atoms with Crippen LogP contribution in [-0.4, -0.2) is 49.2 Å². The molecule has 2 fully saturated rings. The van der Waals surface area contributed by atoms with Crippen molar-refractivity contribution in [2.75, 3.05) is 36.9 Å². The lowest BCUT2D eigenvalue weighted by Gasteiger charge is -2.38. The first-order valence-corrected chi connectivity index (χ1v) is 9.64. The molecule has 3 rings (SSSR count). The number of likely N-dealkylation sites (tertiary alicyclic amines) is 1. The molecule has 1 aromatic rings. The van der Waals surface area contributed by atoms with Gasteiger partial charge in [0.05, 0.1) is 6.10 Å². The van der Waals surface area contributed by atoms with E-state index in [0.717, 1.165) is 44.0 Å². The molecule has 0 spiro atoms. The molecule has 5 nitrogen and oxygen atoms in total. The van der Waals surface area contributed by atoms with Crippen LogP contribution in [0.4, 0.5) is 11.4 Å². The van der Waals surface area contributed by atoms with Crippen molar-refractivity contribution in [3.05, 3.63) is 24.3 Å². The zero-order valence-corrected chi connectivity index (χ0v) is 15.5. The maximum absolute atomic E-state index is 11.4. The number of benzene rings is 1. The van der Waals surface area contributed by atoms with E-state index in [0.29, 0.717) is 24.5 Å². The molecule has 25 heavy (non-hydrogen) atoms. The van der Waals surface area contributed by atoms with E-state index >= 15 is 0 Å². The summed E-state index contributed by atoms with van der Waals surface area (Å²) in [5.74, 6) is 0.655. The van der Waals surface area contributed by atoms with Crippen LogP contribution in [0.15, 0.2) is 24.3 Å². The lowest BCUT2D eigenvalue weighted by Crippen LogP contribution is -2.47. The molecule has 0 radical (unpaired) electrons. The predicted molar refractivity (Wildman–Crippen MR) is 102 cm³/mol. The van der Waals surface area contributed by atoms with Crippen molar-refractivity contribution >= 4 is 17.3 Å². The van der Waals surface area contributed by atoms with E-state index in [2.05, 4.69) is 34.6 Å². The van der Waals surface area contributed by atoms with Crippen molar-refractivity contribution in [3.63, 3.8) is 0 Å². The average Bonchev–Trinajstić information content (AvgIpc) is 3.12. The molecule has 138 valence electrons. The van der Waals surface area contributed by atoms with Crippen LogP contribution >= 0.6 is 0 Å². The first-order chi connectivity index (χ1) is 12.1. The fraction of sp³-hybridized carbons (Fsp3) is 0.650. The molecule has 0 bridgehead atoms. The van der Waals surface area contributed by atoms with Gasteiger partial charge in [0.1, 0.15) is 0 Å². The Hall–Kier alpha value is -1.59.